The van der Waals surface area contributed by atoms with Crippen LogP contribution in [0.1, 0.15) is 37.9 Å². The van der Waals surface area contributed by atoms with Gasteiger partial charge in [-0.15, -0.1) is 0 Å². The molecule has 0 radical (unpaired) electrons. The number of halogens is 1. The average molecular weight is 376 g/mol. The number of ether oxygens (including phenoxy) is 1. The topological polar surface area (TPSA) is 80.5 Å². The number of nitrogens with zero attached hydrogens (tertiary/aromatic N) is 3. The quantitative estimate of drug-likeness (QED) is 0.803. The number of likely N-dealkylation sites (tertiary alicyclic amines) is 1. The summed E-state index contributed by atoms with van der Waals surface area (Å²) >= 11 is 0. The van der Waals surface area contributed by atoms with Crippen molar-refractivity contribution in [3.63, 3.8) is 0 Å². The summed E-state index contributed by atoms with van der Waals surface area (Å²) in [7, 11) is 0. The second-order valence-electron chi connectivity index (χ2n) is 7.11. The van der Waals surface area contributed by atoms with Crippen LogP contribution in [-0.2, 0) is 6.42 Å². The lowest BCUT2D eigenvalue weighted by atomic mass is 10.1. The first-order valence-electron chi connectivity index (χ1n) is 9.25. The molecule has 1 atom stereocenters. The largest absolute Gasteiger partial charge is 0.493 e. The molecule has 0 aliphatic carbocycles. The number of carbonyl (C=O) groups is 1. The van der Waals surface area contributed by atoms with Crippen molar-refractivity contribution in [2.75, 3.05) is 26.2 Å². The minimum atomic E-state index is -0.298. The molecule has 1 aromatic heterocycles. The van der Waals surface area contributed by atoms with E-state index in [-0.39, 0.29) is 17.8 Å². The van der Waals surface area contributed by atoms with Gasteiger partial charge in [-0.2, -0.15) is 4.98 Å². The molecule has 7 nitrogen and oxygen atoms in total. The summed E-state index contributed by atoms with van der Waals surface area (Å²) in [6.07, 6.45) is 1.30. The smallest absolute Gasteiger partial charge is 0.317 e. The van der Waals surface area contributed by atoms with Gasteiger partial charge in [0, 0.05) is 26.1 Å². The van der Waals surface area contributed by atoms with E-state index in [0.29, 0.717) is 56.0 Å². The second kappa shape index (κ2) is 8.83. The highest BCUT2D eigenvalue weighted by molar-refractivity contribution is 5.74. The molecule has 1 aliphatic heterocycles. The molecule has 2 heterocycles. The summed E-state index contributed by atoms with van der Waals surface area (Å²) in [5.74, 6) is 1.91. The third kappa shape index (κ3) is 5.42. The Balaban J connectivity index is 1.45. The fourth-order valence-corrected chi connectivity index (χ4v) is 2.88. The van der Waals surface area contributed by atoms with Crippen molar-refractivity contribution in [3.05, 3.63) is 41.8 Å². The number of nitrogens with one attached hydrogen (secondary N) is 1. The van der Waals surface area contributed by atoms with Crippen molar-refractivity contribution < 1.29 is 18.4 Å². The zero-order chi connectivity index (χ0) is 19.2. The van der Waals surface area contributed by atoms with E-state index in [9.17, 15) is 9.18 Å². The predicted octanol–water partition coefficient (Wildman–Crippen LogP) is 2.99. The van der Waals surface area contributed by atoms with Crippen molar-refractivity contribution in [3.8, 4) is 5.75 Å². The third-order valence-corrected chi connectivity index (χ3v) is 4.38. The van der Waals surface area contributed by atoms with E-state index >= 15 is 0 Å². The maximum Gasteiger partial charge on any atom is 0.317 e. The highest BCUT2D eigenvalue weighted by Crippen LogP contribution is 2.26. The highest BCUT2D eigenvalue weighted by Gasteiger charge is 2.31. The van der Waals surface area contributed by atoms with E-state index in [1.165, 1.54) is 12.1 Å². The first kappa shape index (κ1) is 19.1. The number of hydrogen-bond acceptors (Lipinski definition) is 5. The molecule has 8 heteroatoms. The van der Waals surface area contributed by atoms with Gasteiger partial charge in [-0.3, -0.25) is 0 Å². The van der Waals surface area contributed by atoms with E-state index in [0.717, 1.165) is 6.42 Å². The van der Waals surface area contributed by atoms with Gasteiger partial charge < -0.3 is 19.5 Å². The number of amides is 2. The van der Waals surface area contributed by atoms with Crippen LogP contribution in [0, 0.1) is 11.7 Å². The van der Waals surface area contributed by atoms with Crippen molar-refractivity contribution in [1.29, 1.82) is 0 Å². The standard InChI is InChI=1S/C19H25FN4O3/c1-13(2)11-21-19(25)24-9-7-14(12-24)18-22-17(23-27-18)8-10-26-16-5-3-15(20)4-6-16/h3-6,13-14H,7-12H2,1-2H3,(H,21,25). The average Bonchev–Trinajstić information content (AvgIpc) is 3.30. The molecule has 1 N–H and O–H groups in total. The monoisotopic (exact) mass is 376 g/mol. The zero-order valence-corrected chi connectivity index (χ0v) is 15.7. The summed E-state index contributed by atoms with van der Waals surface area (Å²) in [6, 6.07) is 5.82. The lowest BCUT2D eigenvalue weighted by Gasteiger charge is -2.17. The van der Waals surface area contributed by atoms with Gasteiger partial charge in [-0.1, -0.05) is 19.0 Å². The Morgan fingerprint density at radius 2 is 2.19 bits per heavy atom. The Bertz CT molecular complexity index is 748. The van der Waals surface area contributed by atoms with Gasteiger partial charge in [0.05, 0.1) is 12.5 Å². The zero-order valence-electron chi connectivity index (χ0n) is 15.7. The maximum atomic E-state index is 12.9. The summed E-state index contributed by atoms with van der Waals surface area (Å²) in [4.78, 5) is 18.4. The molecule has 1 aliphatic rings. The van der Waals surface area contributed by atoms with Crippen molar-refractivity contribution in [1.82, 2.24) is 20.4 Å². The van der Waals surface area contributed by atoms with Crippen LogP contribution < -0.4 is 10.1 Å². The van der Waals surface area contributed by atoms with E-state index in [1.807, 2.05) is 0 Å². The van der Waals surface area contributed by atoms with Crippen molar-refractivity contribution in [2.45, 2.75) is 32.6 Å². The molecule has 1 saturated heterocycles. The fourth-order valence-electron chi connectivity index (χ4n) is 2.88. The van der Waals surface area contributed by atoms with Crippen LogP contribution in [0.25, 0.3) is 0 Å². The summed E-state index contributed by atoms with van der Waals surface area (Å²) < 4.78 is 23.8. The van der Waals surface area contributed by atoms with Gasteiger partial charge >= 0.3 is 6.03 Å². The van der Waals surface area contributed by atoms with E-state index in [2.05, 4.69) is 29.3 Å². The molecule has 1 aromatic carbocycles. The van der Waals surface area contributed by atoms with E-state index in [1.54, 1.807) is 17.0 Å². The van der Waals surface area contributed by atoms with Gasteiger partial charge in [0.25, 0.3) is 0 Å². The van der Waals surface area contributed by atoms with Gasteiger partial charge in [0.1, 0.15) is 11.6 Å². The Morgan fingerprint density at radius 1 is 1.41 bits per heavy atom. The lowest BCUT2D eigenvalue weighted by molar-refractivity contribution is 0.206. The summed E-state index contributed by atoms with van der Waals surface area (Å²) in [5, 5.41) is 6.92. The number of benzene rings is 1. The SMILES string of the molecule is CC(C)CNC(=O)N1CCC(c2nc(CCOc3ccc(F)cc3)no2)C1. The van der Waals surface area contributed by atoms with Crippen LogP contribution in [0.2, 0.25) is 0 Å². The first-order chi connectivity index (χ1) is 13.0. The van der Waals surface area contributed by atoms with Gasteiger partial charge in [-0.25, -0.2) is 9.18 Å². The van der Waals surface area contributed by atoms with Crippen LogP contribution in [0.15, 0.2) is 28.8 Å². The number of carbonyl (C=O) groups excluding carboxylic acids is 1. The van der Waals surface area contributed by atoms with Crippen molar-refractivity contribution >= 4 is 6.03 Å². The molecule has 0 spiro atoms. The third-order valence-electron chi connectivity index (χ3n) is 4.38. The normalized spacial score (nSPS) is 16.7. The van der Waals surface area contributed by atoms with Crippen LogP contribution >= 0.6 is 0 Å². The van der Waals surface area contributed by atoms with Gasteiger partial charge in [0.15, 0.2) is 5.82 Å². The van der Waals surface area contributed by atoms with Crippen molar-refractivity contribution in [2.24, 2.45) is 5.92 Å². The fraction of sp³-hybridized carbons (Fsp3) is 0.526. The maximum absolute atomic E-state index is 12.9. The molecule has 3 rings (SSSR count). The van der Waals surface area contributed by atoms with Gasteiger partial charge in [-0.05, 0) is 36.6 Å². The molecule has 0 bridgehead atoms. The van der Waals surface area contributed by atoms with Crippen LogP contribution in [0.4, 0.5) is 9.18 Å². The molecule has 0 saturated carbocycles. The number of aromatic nitrogens is 2. The Hall–Kier alpha value is -2.64. The highest BCUT2D eigenvalue weighted by atomic mass is 19.1. The van der Waals surface area contributed by atoms with Crippen LogP contribution in [0.3, 0.4) is 0 Å². The molecule has 146 valence electrons. The van der Waals surface area contributed by atoms with Gasteiger partial charge in [0.2, 0.25) is 5.89 Å². The van der Waals surface area contributed by atoms with E-state index in [4.69, 9.17) is 9.26 Å². The predicted molar refractivity (Wildman–Crippen MR) is 97.1 cm³/mol. The number of hydrogen-bond donors (Lipinski definition) is 1. The molecule has 2 amide bonds. The molecule has 27 heavy (non-hydrogen) atoms. The summed E-state index contributed by atoms with van der Waals surface area (Å²) in [6.45, 7) is 6.43. The molecular weight excluding hydrogens is 351 g/mol. The molecule has 2 aromatic rings. The molecule has 1 unspecified atom stereocenters. The molecular formula is C19H25FN4O3. The Labute approximate surface area is 157 Å². The van der Waals surface area contributed by atoms with E-state index < -0.39 is 0 Å². The first-order valence-corrected chi connectivity index (χ1v) is 9.25. The number of rotatable bonds is 7. The molecule has 1 fully saturated rings. The second-order valence-corrected chi connectivity index (χ2v) is 7.11. The minimum absolute atomic E-state index is 0.0429. The summed E-state index contributed by atoms with van der Waals surface area (Å²) in [5.41, 5.74) is 0. The van der Waals surface area contributed by atoms with Crippen LogP contribution in [0.5, 0.6) is 5.75 Å². The number of urea groups is 1. The Kier molecular flexibility index (Phi) is 6.26. The van der Waals surface area contributed by atoms with Crippen LogP contribution in [-0.4, -0.2) is 47.3 Å². The lowest BCUT2D eigenvalue weighted by Crippen LogP contribution is -2.39. The Morgan fingerprint density at radius 3 is 2.93 bits per heavy atom. The minimum Gasteiger partial charge on any atom is -0.493 e.